The zero-order valence-corrected chi connectivity index (χ0v) is 18.2. The first kappa shape index (κ1) is 20.7. The summed E-state index contributed by atoms with van der Waals surface area (Å²) in [5, 5.41) is 0. The van der Waals surface area contributed by atoms with Crippen LogP contribution in [-0.4, -0.2) is 54.2 Å². The van der Waals surface area contributed by atoms with Gasteiger partial charge in [-0.25, -0.2) is 28.1 Å². The number of aromatic nitrogens is 4. The maximum absolute atomic E-state index is 11.8. The van der Waals surface area contributed by atoms with Crippen LogP contribution in [0.1, 0.15) is 37.1 Å². The Balaban J connectivity index is 1.48. The molecule has 3 aromatic rings. The largest absolute Gasteiger partial charge is 0.355 e. The van der Waals surface area contributed by atoms with E-state index in [1.807, 2.05) is 18.2 Å². The molecule has 0 unspecified atom stereocenters. The van der Waals surface area contributed by atoms with Crippen LogP contribution < -0.4 is 9.62 Å². The Morgan fingerprint density at radius 3 is 2.57 bits per heavy atom. The van der Waals surface area contributed by atoms with Crippen LogP contribution in [0, 0.1) is 5.92 Å². The molecule has 0 atom stereocenters. The quantitative estimate of drug-likeness (QED) is 0.599. The number of anilines is 1. The maximum Gasteiger partial charge on any atom is 0.211 e. The van der Waals surface area contributed by atoms with Gasteiger partial charge in [0.1, 0.15) is 17.7 Å². The molecule has 0 spiro atoms. The van der Waals surface area contributed by atoms with Gasteiger partial charge in [0.15, 0.2) is 11.5 Å². The van der Waals surface area contributed by atoms with Crippen molar-refractivity contribution in [2.75, 3.05) is 24.7 Å². The number of nitrogens with zero attached hydrogens (tertiary/aromatic N) is 4. The van der Waals surface area contributed by atoms with Crippen molar-refractivity contribution < 1.29 is 8.42 Å². The zero-order valence-electron chi connectivity index (χ0n) is 17.4. The summed E-state index contributed by atoms with van der Waals surface area (Å²) >= 11 is 0. The molecule has 2 aromatic heterocycles. The van der Waals surface area contributed by atoms with Crippen molar-refractivity contribution in [1.29, 1.82) is 0 Å². The summed E-state index contributed by atoms with van der Waals surface area (Å²) in [6.07, 6.45) is 5.95. The Bertz CT molecular complexity index is 1090. The first-order chi connectivity index (χ1) is 14.4. The van der Waals surface area contributed by atoms with E-state index in [1.165, 1.54) is 12.6 Å². The van der Waals surface area contributed by atoms with E-state index in [-0.39, 0.29) is 11.7 Å². The highest BCUT2D eigenvalue weighted by Gasteiger charge is 2.28. The van der Waals surface area contributed by atoms with Crippen LogP contribution in [0.4, 0.5) is 5.82 Å². The van der Waals surface area contributed by atoms with E-state index >= 15 is 0 Å². The van der Waals surface area contributed by atoms with Crippen LogP contribution >= 0.6 is 0 Å². The summed E-state index contributed by atoms with van der Waals surface area (Å²) in [5.41, 5.74) is 2.71. The third-order valence-corrected chi connectivity index (χ3v) is 7.53. The molecular formula is C21H28N6O2S. The molecule has 30 heavy (non-hydrogen) atoms. The zero-order chi connectivity index (χ0) is 21.1. The lowest BCUT2D eigenvalue weighted by atomic mass is 9.86. The maximum atomic E-state index is 11.8. The number of sulfonamides is 1. The van der Waals surface area contributed by atoms with Gasteiger partial charge >= 0.3 is 0 Å². The van der Waals surface area contributed by atoms with Gasteiger partial charge in [0, 0.05) is 19.5 Å². The van der Waals surface area contributed by atoms with Crippen molar-refractivity contribution in [2.24, 2.45) is 5.92 Å². The van der Waals surface area contributed by atoms with Crippen molar-refractivity contribution in [2.45, 2.75) is 38.1 Å². The summed E-state index contributed by atoms with van der Waals surface area (Å²) in [6.45, 7) is 0. The summed E-state index contributed by atoms with van der Waals surface area (Å²) in [6, 6.07) is 10.5. The Labute approximate surface area is 177 Å². The molecule has 1 fully saturated rings. The molecule has 1 aromatic carbocycles. The number of H-pyrrole nitrogens is 1. The van der Waals surface area contributed by atoms with Crippen LogP contribution in [0.5, 0.6) is 0 Å². The van der Waals surface area contributed by atoms with Crippen LogP contribution in [-0.2, 0) is 16.4 Å². The molecule has 8 nitrogen and oxygen atoms in total. The van der Waals surface area contributed by atoms with E-state index in [1.54, 1.807) is 6.33 Å². The van der Waals surface area contributed by atoms with Gasteiger partial charge in [0.25, 0.3) is 0 Å². The van der Waals surface area contributed by atoms with Crippen LogP contribution in [0.3, 0.4) is 0 Å². The SMILES string of the molecule is CNS(=O)(=O)CC1CCC(N(C)c2ncnc3nc(Cc4ccccc4)[nH]c23)CC1. The Kier molecular flexibility index (Phi) is 6.01. The van der Waals surface area contributed by atoms with Crippen LogP contribution in [0.25, 0.3) is 11.2 Å². The predicted octanol–water partition coefficient (Wildman–Crippen LogP) is 2.49. The smallest absolute Gasteiger partial charge is 0.211 e. The normalized spacial score (nSPS) is 19.8. The van der Waals surface area contributed by atoms with Crippen molar-refractivity contribution in [3.63, 3.8) is 0 Å². The predicted molar refractivity (Wildman–Crippen MR) is 118 cm³/mol. The van der Waals surface area contributed by atoms with Gasteiger partial charge in [-0.05, 0) is 44.2 Å². The molecule has 1 aliphatic rings. The second-order valence-electron chi connectivity index (χ2n) is 8.01. The van der Waals surface area contributed by atoms with Crippen LogP contribution in [0.2, 0.25) is 0 Å². The van der Waals surface area contributed by atoms with Gasteiger partial charge in [-0.3, -0.25) is 0 Å². The van der Waals surface area contributed by atoms with Crippen molar-refractivity contribution in [3.8, 4) is 0 Å². The number of hydrogen-bond donors (Lipinski definition) is 2. The Morgan fingerprint density at radius 1 is 1.13 bits per heavy atom. The molecule has 160 valence electrons. The molecule has 0 saturated heterocycles. The third-order valence-electron chi connectivity index (χ3n) is 6.00. The second-order valence-corrected chi connectivity index (χ2v) is 9.98. The highest BCUT2D eigenvalue weighted by molar-refractivity contribution is 7.89. The fourth-order valence-corrected chi connectivity index (χ4v) is 5.39. The molecule has 0 bridgehead atoms. The van der Waals surface area contributed by atoms with Crippen molar-refractivity contribution >= 4 is 27.0 Å². The van der Waals surface area contributed by atoms with Gasteiger partial charge in [-0.1, -0.05) is 30.3 Å². The fraction of sp³-hybridized carbons (Fsp3) is 0.476. The average Bonchev–Trinajstić information content (AvgIpc) is 3.16. The number of fused-ring (bicyclic) bond motifs is 1. The fourth-order valence-electron chi connectivity index (χ4n) is 4.27. The lowest BCUT2D eigenvalue weighted by molar-refractivity contribution is 0.340. The summed E-state index contributed by atoms with van der Waals surface area (Å²) in [5.74, 6) is 2.13. The first-order valence-corrected chi connectivity index (χ1v) is 12.0. The number of imidazole rings is 1. The molecule has 1 saturated carbocycles. The monoisotopic (exact) mass is 428 g/mol. The molecule has 1 aliphatic carbocycles. The number of benzene rings is 1. The number of hydrogen-bond acceptors (Lipinski definition) is 6. The summed E-state index contributed by atoms with van der Waals surface area (Å²) in [4.78, 5) is 19.1. The second kappa shape index (κ2) is 8.69. The summed E-state index contributed by atoms with van der Waals surface area (Å²) < 4.78 is 26.1. The van der Waals surface area contributed by atoms with Gasteiger partial charge in [0.05, 0.1) is 5.75 Å². The molecule has 4 rings (SSSR count). The van der Waals surface area contributed by atoms with E-state index in [0.29, 0.717) is 18.1 Å². The average molecular weight is 429 g/mol. The van der Waals surface area contributed by atoms with Gasteiger partial charge in [-0.15, -0.1) is 0 Å². The first-order valence-electron chi connectivity index (χ1n) is 10.3. The van der Waals surface area contributed by atoms with E-state index in [2.05, 4.69) is 48.7 Å². The number of aromatic amines is 1. The minimum atomic E-state index is -3.16. The highest BCUT2D eigenvalue weighted by Crippen LogP contribution is 2.31. The molecule has 0 aliphatic heterocycles. The van der Waals surface area contributed by atoms with E-state index < -0.39 is 10.0 Å². The van der Waals surface area contributed by atoms with E-state index in [4.69, 9.17) is 0 Å². The van der Waals surface area contributed by atoms with Gasteiger partial charge < -0.3 is 9.88 Å². The lowest BCUT2D eigenvalue weighted by Crippen LogP contribution is -2.38. The Morgan fingerprint density at radius 2 is 1.87 bits per heavy atom. The molecule has 0 radical (unpaired) electrons. The van der Waals surface area contributed by atoms with Gasteiger partial charge in [-0.2, -0.15) is 0 Å². The minimum absolute atomic E-state index is 0.209. The third kappa shape index (κ3) is 4.62. The minimum Gasteiger partial charge on any atom is -0.355 e. The van der Waals surface area contributed by atoms with Crippen molar-refractivity contribution in [1.82, 2.24) is 24.7 Å². The van der Waals surface area contributed by atoms with Gasteiger partial charge in [0.2, 0.25) is 10.0 Å². The highest BCUT2D eigenvalue weighted by atomic mass is 32.2. The molecule has 2 heterocycles. The van der Waals surface area contributed by atoms with Crippen LogP contribution in [0.15, 0.2) is 36.7 Å². The Hall–Kier alpha value is -2.52. The molecule has 2 N–H and O–H groups in total. The van der Waals surface area contributed by atoms with E-state index in [9.17, 15) is 8.42 Å². The molecule has 9 heteroatoms. The topological polar surface area (TPSA) is 104 Å². The van der Waals surface area contributed by atoms with E-state index in [0.717, 1.165) is 42.8 Å². The lowest BCUT2D eigenvalue weighted by Gasteiger charge is -2.35. The number of rotatable bonds is 7. The molecular weight excluding hydrogens is 400 g/mol. The van der Waals surface area contributed by atoms with Crippen molar-refractivity contribution in [3.05, 3.63) is 48.0 Å². The number of nitrogens with one attached hydrogen (secondary N) is 2. The standard InChI is InChI=1S/C21H28N6O2S/c1-22-30(28,29)13-16-8-10-17(11-9-16)27(2)21-19-20(23-14-24-21)26-18(25-19)12-15-6-4-3-5-7-15/h3-7,14,16-17,22H,8-13H2,1-2H3,(H,23,24,25,26). The summed E-state index contributed by atoms with van der Waals surface area (Å²) in [7, 11) is 0.370. The molecule has 0 amide bonds.